The molecule has 0 saturated carbocycles. The summed E-state index contributed by atoms with van der Waals surface area (Å²) in [4.78, 5) is 16.3. The Kier molecular flexibility index (Phi) is 9.72. The van der Waals surface area contributed by atoms with E-state index in [1.165, 1.54) is 0 Å². The van der Waals surface area contributed by atoms with Crippen LogP contribution in [0.3, 0.4) is 0 Å². The summed E-state index contributed by atoms with van der Waals surface area (Å²) in [5, 5.41) is 19.6. The summed E-state index contributed by atoms with van der Waals surface area (Å²) < 4.78 is 0. The zero-order valence-corrected chi connectivity index (χ0v) is 17.3. The Morgan fingerprint density at radius 2 is 1.76 bits per heavy atom. The number of amides is 1. The van der Waals surface area contributed by atoms with Gasteiger partial charge in [0.1, 0.15) is 0 Å². The molecule has 2 aromatic carbocycles. The lowest BCUT2D eigenvalue weighted by Gasteiger charge is -2.14. The molecule has 0 aliphatic carbocycles. The van der Waals surface area contributed by atoms with E-state index in [1.807, 2.05) is 68.4 Å². The van der Waals surface area contributed by atoms with Gasteiger partial charge in [-0.25, -0.2) is 4.99 Å². The topological polar surface area (TPSA) is 85.8 Å². The minimum atomic E-state index is -0.498. The van der Waals surface area contributed by atoms with Crippen molar-refractivity contribution < 1.29 is 9.90 Å². The maximum atomic E-state index is 11.7. The predicted molar refractivity (Wildman–Crippen MR) is 119 cm³/mol. The highest BCUT2D eigenvalue weighted by atomic mass is 16.3. The second kappa shape index (κ2) is 12.6. The summed E-state index contributed by atoms with van der Waals surface area (Å²) in [5.74, 6) is 0.752. The average molecular weight is 397 g/mol. The van der Waals surface area contributed by atoms with E-state index in [1.54, 1.807) is 0 Å². The lowest BCUT2D eigenvalue weighted by Crippen LogP contribution is -2.38. The van der Waals surface area contributed by atoms with Gasteiger partial charge in [0, 0.05) is 25.2 Å². The standard InChI is InChI=1S/C23H32N4O2/c1-3-8-22(29)27-20-13-11-18(12-14-20)17-26-23(24-4-2)25-16-15-21(28)19-9-6-5-7-10-19/h5-7,9-14,21,28H,3-4,8,15-17H2,1-2H3,(H,27,29)(H2,24,25,26). The number of guanidine groups is 1. The number of aliphatic hydroxyl groups excluding tert-OH is 1. The molecule has 1 atom stereocenters. The summed E-state index contributed by atoms with van der Waals surface area (Å²) in [6.07, 6.45) is 1.46. The van der Waals surface area contributed by atoms with Crippen molar-refractivity contribution in [2.75, 3.05) is 18.4 Å². The van der Waals surface area contributed by atoms with Gasteiger partial charge in [-0.15, -0.1) is 0 Å². The van der Waals surface area contributed by atoms with Crippen molar-refractivity contribution in [3.05, 3.63) is 65.7 Å². The maximum Gasteiger partial charge on any atom is 0.224 e. The highest BCUT2D eigenvalue weighted by molar-refractivity contribution is 5.90. The number of anilines is 1. The number of carbonyl (C=O) groups excluding carboxylic acids is 1. The zero-order chi connectivity index (χ0) is 20.9. The molecule has 0 radical (unpaired) electrons. The Morgan fingerprint density at radius 1 is 1.03 bits per heavy atom. The minimum absolute atomic E-state index is 0.0367. The number of aliphatic imine (C=N–C) groups is 1. The summed E-state index contributed by atoms with van der Waals surface area (Å²) in [6.45, 7) is 5.91. The molecule has 0 fully saturated rings. The first-order chi connectivity index (χ1) is 14.1. The van der Waals surface area contributed by atoms with Crippen LogP contribution in [0, 0.1) is 0 Å². The molecule has 1 unspecified atom stereocenters. The van der Waals surface area contributed by atoms with E-state index in [2.05, 4.69) is 20.9 Å². The largest absolute Gasteiger partial charge is 0.388 e. The molecule has 156 valence electrons. The summed E-state index contributed by atoms with van der Waals surface area (Å²) >= 11 is 0. The Hall–Kier alpha value is -2.86. The molecule has 0 aliphatic heterocycles. The molecular weight excluding hydrogens is 364 g/mol. The molecule has 0 spiro atoms. The van der Waals surface area contributed by atoms with Crippen molar-refractivity contribution in [3.63, 3.8) is 0 Å². The Labute approximate surface area is 173 Å². The number of rotatable bonds is 10. The van der Waals surface area contributed by atoms with Gasteiger partial charge in [-0.2, -0.15) is 0 Å². The smallest absolute Gasteiger partial charge is 0.224 e. The molecule has 29 heavy (non-hydrogen) atoms. The van der Waals surface area contributed by atoms with Gasteiger partial charge in [-0.1, -0.05) is 49.4 Å². The molecule has 0 bridgehead atoms. The molecule has 4 N–H and O–H groups in total. The fourth-order valence-electron chi connectivity index (χ4n) is 2.83. The molecule has 0 saturated heterocycles. The van der Waals surface area contributed by atoms with Crippen LogP contribution in [0.5, 0.6) is 0 Å². The van der Waals surface area contributed by atoms with Gasteiger partial charge in [-0.3, -0.25) is 4.79 Å². The Bertz CT molecular complexity index is 760. The number of benzene rings is 2. The van der Waals surface area contributed by atoms with E-state index >= 15 is 0 Å². The summed E-state index contributed by atoms with van der Waals surface area (Å²) in [5.41, 5.74) is 2.78. The fourth-order valence-corrected chi connectivity index (χ4v) is 2.83. The van der Waals surface area contributed by atoms with Crippen molar-refractivity contribution in [1.29, 1.82) is 0 Å². The molecule has 6 heteroatoms. The van der Waals surface area contributed by atoms with Crippen LogP contribution in [-0.4, -0.2) is 30.1 Å². The van der Waals surface area contributed by atoms with Crippen molar-refractivity contribution in [1.82, 2.24) is 10.6 Å². The van der Waals surface area contributed by atoms with Crippen LogP contribution >= 0.6 is 0 Å². The molecular formula is C23H32N4O2. The van der Waals surface area contributed by atoms with Gasteiger partial charge in [0.15, 0.2) is 5.96 Å². The van der Waals surface area contributed by atoms with Crippen molar-refractivity contribution in [3.8, 4) is 0 Å². The first kappa shape index (κ1) is 22.4. The van der Waals surface area contributed by atoms with Crippen LogP contribution in [0.2, 0.25) is 0 Å². The SMILES string of the molecule is CCCC(=O)Nc1ccc(CN=C(NCC)NCCC(O)c2ccccc2)cc1. The van der Waals surface area contributed by atoms with Crippen LogP contribution in [0.4, 0.5) is 5.69 Å². The van der Waals surface area contributed by atoms with Crippen LogP contribution in [0.15, 0.2) is 59.6 Å². The maximum absolute atomic E-state index is 11.7. The van der Waals surface area contributed by atoms with Gasteiger partial charge >= 0.3 is 0 Å². The third kappa shape index (κ3) is 8.35. The van der Waals surface area contributed by atoms with Gasteiger partial charge in [0.05, 0.1) is 12.6 Å². The lowest BCUT2D eigenvalue weighted by atomic mass is 10.1. The van der Waals surface area contributed by atoms with E-state index in [0.29, 0.717) is 31.9 Å². The Balaban J connectivity index is 1.84. The molecule has 0 heterocycles. The van der Waals surface area contributed by atoms with E-state index in [9.17, 15) is 9.90 Å². The molecule has 0 aliphatic rings. The van der Waals surface area contributed by atoms with Crippen LogP contribution in [0.1, 0.15) is 50.3 Å². The third-order valence-electron chi connectivity index (χ3n) is 4.37. The fraction of sp³-hybridized carbons (Fsp3) is 0.391. The molecule has 1 amide bonds. The van der Waals surface area contributed by atoms with Crippen LogP contribution < -0.4 is 16.0 Å². The van der Waals surface area contributed by atoms with Gasteiger partial charge in [0.25, 0.3) is 0 Å². The highest BCUT2D eigenvalue weighted by Crippen LogP contribution is 2.15. The second-order valence-corrected chi connectivity index (χ2v) is 6.83. The predicted octanol–water partition coefficient (Wildman–Crippen LogP) is 3.60. The first-order valence-electron chi connectivity index (χ1n) is 10.3. The summed E-state index contributed by atoms with van der Waals surface area (Å²) in [7, 11) is 0. The number of hydrogen-bond donors (Lipinski definition) is 4. The quantitative estimate of drug-likeness (QED) is 0.365. The van der Waals surface area contributed by atoms with Gasteiger partial charge < -0.3 is 21.1 Å². The average Bonchev–Trinajstić information content (AvgIpc) is 2.73. The van der Waals surface area contributed by atoms with Crippen molar-refractivity contribution in [2.24, 2.45) is 4.99 Å². The van der Waals surface area contributed by atoms with Crippen LogP contribution in [0.25, 0.3) is 0 Å². The van der Waals surface area contributed by atoms with Gasteiger partial charge in [-0.05, 0) is 43.0 Å². The molecule has 2 rings (SSSR count). The van der Waals surface area contributed by atoms with Crippen molar-refractivity contribution in [2.45, 2.75) is 45.8 Å². The second-order valence-electron chi connectivity index (χ2n) is 6.83. The Morgan fingerprint density at radius 3 is 2.41 bits per heavy atom. The van der Waals surface area contributed by atoms with Gasteiger partial charge in [0.2, 0.25) is 5.91 Å². The first-order valence-corrected chi connectivity index (χ1v) is 10.3. The van der Waals surface area contributed by atoms with Crippen molar-refractivity contribution >= 4 is 17.6 Å². The van der Waals surface area contributed by atoms with E-state index < -0.39 is 6.10 Å². The van der Waals surface area contributed by atoms with E-state index in [0.717, 1.165) is 29.8 Å². The monoisotopic (exact) mass is 396 g/mol. The number of hydrogen-bond acceptors (Lipinski definition) is 3. The highest BCUT2D eigenvalue weighted by Gasteiger charge is 2.07. The zero-order valence-electron chi connectivity index (χ0n) is 17.3. The van der Waals surface area contributed by atoms with E-state index in [4.69, 9.17) is 0 Å². The normalized spacial score (nSPS) is 12.3. The molecule has 0 aromatic heterocycles. The lowest BCUT2D eigenvalue weighted by molar-refractivity contribution is -0.116. The summed E-state index contributed by atoms with van der Waals surface area (Å²) in [6, 6.07) is 17.4. The number of nitrogens with zero attached hydrogens (tertiary/aromatic N) is 1. The van der Waals surface area contributed by atoms with Crippen LogP contribution in [-0.2, 0) is 11.3 Å². The minimum Gasteiger partial charge on any atom is -0.388 e. The molecule has 2 aromatic rings. The number of nitrogens with one attached hydrogen (secondary N) is 3. The number of aliphatic hydroxyl groups is 1. The third-order valence-corrected chi connectivity index (χ3v) is 4.37. The molecule has 6 nitrogen and oxygen atoms in total. The van der Waals surface area contributed by atoms with E-state index in [-0.39, 0.29) is 5.91 Å². The number of carbonyl (C=O) groups is 1.